The van der Waals surface area contributed by atoms with Gasteiger partial charge in [-0.15, -0.1) is 11.3 Å². The minimum Gasteiger partial charge on any atom is -0.496 e. The highest BCUT2D eigenvalue weighted by Gasteiger charge is 2.61. The number of aromatic nitrogens is 1. The van der Waals surface area contributed by atoms with E-state index in [4.69, 9.17) is 9.47 Å². The Morgan fingerprint density at radius 2 is 1.89 bits per heavy atom. The maximum atomic E-state index is 14.2. The lowest BCUT2D eigenvalue weighted by molar-refractivity contribution is -0.150. The summed E-state index contributed by atoms with van der Waals surface area (Å²) in [5, 5.41) is 21.1. The molecule has 9 nitrogen and oxygen atoms in total. The van der Waals surface area contributed by atoms with Crippen LogP contribution in [-0.4, -0.2) is 57.7 Å². The van der Waals surface area contributed by atoms with Gasteiger partial charge in [-0.05, 0) is 41.9 Å². The molecule has 0 radical (unpaired) electrons. The van der Waals surface area contributed by atoms with E-state index in [0.29, 0.717) is 10.8 Å². The average molecular weight is 533 g/mol. The summed E-state index contributed by atoms with van der Waals surface area (Å²) in [7, 11) is 3.06. The molecule has 1 amide bonds. The van der Waals surface area contributed by atoms with Crippen molar-refractivity contribution in [2.24, 2.45) is 11.8 Å². The quantitative estimate of drug-likeness (QED) is 0.474. The van der Waals surface area contributed by atoms with Crippen LogP contribution in [0.15, 0.2) is 24.4 Å². The third kappa shape index (κ3) is 5.50. The molecule has 1 saturated heterocycles. The molecule has 3 rings (SSSR count). The summed E-state index contributed by atoms with van der Waals surface area (Å²) in [6.07, 6.45) is 1.46. The number of carboxylic acid groups (broad SMARTS) is 2. The maximum Gasteiger partial charge on any atom is 0.329 e. The van der Waals surface area contributed by atoms with Crippen molar-refractivity contribution in [1.82, 2.24) is 9.88 Å². The Morgan fingerprint density at radius 3 is 2.41 bits per heavy atom. The minimum absolute atomic E-state index is 0.0991. The third-order valence-electron chi connectivity index (χ3n) is 6.73. The highest BCUT2D eigenvalue weighted by atomic mass is 32.1. The van der Waals surface area contributed by atoms with Gasteiger partial charge in [0.1, 0.15) is 16.3 Å². The highest BCUT2D eigenvalue weighted by molar-refractivity contribution is 7.11. The molecule has 0 unspecified atom stereocenters. The normalized spacial score (nSPS) is 21.9. The number of hydrogen-bond donors (Lipinski definition) is 2. The molecule has 0 aliphatic carbocycles. The molecule has 2 heterocycles. The molecule has 37 heavy (non-hydrogen) atoms. The van der Waals surface area contributed by atoms with Crippen LogP contribution < -0.4 is 4.74 Å². The van der Waals surface area contributed by atoms with Gasteiger partial charge in [0, 0.05) is 18.9 Å². The van der Waals surface area contributed by atoms with Crippen molar-refractivity contribution < 1.29 is 34.1 Å². The van der Waals surface area contributed by atoms with Gasteiger partial charge in [0.2, 0.25) is 0 Å². The summed E-state index contributed by atoms with van der Waals surface area (Å²) >= 11 is 1.23. The number of ether oxygens (including phenoxy) is 2. The summed E-state index contributed by atoms with van der Waals surface area (Å²) in [5.74, 6) is -3.72. The Morgan fingerprint density at radius 1 is 1.22 bits per heavy atom. The molecule has 0 bridgehead atoms. The van der Waals surface area contributed by atoms with E-state index in [0.717, 1.165) is 10.4 Å². The number of carbonyl (C=O) groups excluding carboxylic acids is 1. The fraction of sp³-hybridized carbons (Fsp3) is 0.556. The Kier molecular flexibility index (Phi) is 8.34. The molecule has 0 spiro atoms. The zero-order valence-corrected chi connectivity index (χ0v) is 23.2. The number of benzene rings is 1. The van der Waals surface area contributed by atoms with Gasteiger partial charge < -0.3 is 24.6 Å². The zero-order chi connectivity index (χ0) is 27.7. The molecule has 10 heteroatoms. The number of amides is 1. The van der Waals surface area contributed by atoms with E-state index in [-0.39, 0.29) is 36.3 Å². The van der Waals surface area contributed by atoms with E-state index in [1.54, 1.807) is 24.4 Å². The summed E-state index contributed by atoms with van der Waals surface area (Å²) in [6.45, 7) is 10.1. The number of thiazole rings is 1. The van der Waals surface area contributed by atoms with Crippen LogP contribution in [0.25, 0.3) is 0 Å². The minimum atomic E-state index is -1.72. The van der Waals surface area contributed by atoms with Crippen molar-refractivity contribution in [3.8, 4) is 5.75 Å². The SMILES string of the molecule is COCc1cnc([C@H]2[C@@H](C(=O)O)C[C@@](CC(C)C)(C(=O)O)N2C(=O)c2ccc(C(C)(C)C)c(OC)c2)s1. The molecular weight excluding hydrogens is 496 g/mol. The lowest BCUT2D eigenvalue weighted by Gasteiger charge is -2.38. The van der Waals surface area contributed by atoms with Gasteiger partial charge in [-0.1, -0.05) is 40.7 Å². The first-order chi connectivity index (χ1) is 17.3. The van der Waals surface area contributed by atoms with Crippen molar-refractivity contribution in [2.45, 2.75) is 71.1 Å². The Labute approximate surface area is 221 Å². The molecule has 3 atom stereocenters. The number of carboxylic acids is 2. The van der Waals surface area contributed by atoms with Gasteiger partial charge in [-0.25, -0.2) is 9.78 Å². The van der Waals surface area contributed by atoms with Crippen molar-refractivity contribution in [2.75, 3.05) is 14.2 Å². The predicted molar refractivity (Wildman–Crippen MR) is 139 cm³/mol. The maximum absolute atomic E-state index is 14.2. The molecule has 1 aromatic heterocycles. The standard InChI is InChI=1S/C27H36N2O7S/c1-15(2)11-27(25(33)34)12-18(24(31)32)21(22-28-13-17(37-22)14-35-6)29(27)23(30)16-8-9-19(26(3,4)5)20(10-16)36-7/h8-10,13,15,18,21H,11-12,14H2,1-7H3,(H,31,32)(H,33,34)/t18-,21+,27-/m0/s1. The number of methoxy groups -OCH3 is 2. The van der Waals surface area contributed by atoms with Gasteiger partial charge in [-0.3, -0.25) is 9.59 Å². The molecule has 2 N–H and O–H groups in total. The van der Waals surface area contributed by atoms with E-state index in [1.807, 2.05) is 34.6 Å². The van der Waals surface area contributed by atoms with Gasteiger partial charge >= 0.3 is 11.9 Å². The van der Waals surface area contributed by atoms with Crippen LogP contribution in [0.3, 0.4) is 0 Å². The lowest BCUT2D eigenvalue weighted by Crippen LogP contribution is -2.54. The first-order valence-corrected chi connectivity index (χ1v) is 13.0. The van der Waals surface area contributed by atoms with E-state index < -0.39 is 35.3 Å². The highest BCUT2D eigenvalue weighted by Crippen LogP contribution is 2.51. The first-order valence-electron chi connectivity index (χ1n) is 12.2. The van der Waals surface area contributed by atoms with Gasteiger partial charge in [0.15, 0.2) is 0 Å². The summed E-state index contributed by atoms with van der Waals surface area (Å²) in [4.78, 5) is 46.1. The topological polar surface area (TPSA) is 126 Å². The van der Waals surface area contributed by atoms with Crippen LogP contribution in [-0.2, 0) is 26.3 Å². The molecule has 1 aromatic carbocycles. The Hall–Kier alpha value is -2.98. The van der Waals surface area contributed by atoms with Gasteiger partial charge in [0.05, 0.1) is 30.6 Å². The van der Waals surface area contributed by atoms with Crippen molar-refractivity contribution in [3.05, 3.63) is 45.4 Å². The van der Waals surface area contributed by atoms with Crippen LogP contribution in [0.1, 0.15) is 79.3 Å². The fourth-order valence-electron chi connectivity index (χ4n) is 5.23. The van der Waals surface area contributed by atoms with Gasteiger partial charge in [-0.2, -0.15) is 0 Å². The number of aliphatic carboxylic acids is 2. The van der Waals surface area contributed by atoms with Gasteiger partial charge in [0.25, 0.3) is 5.91 Å². The monoisotopic (exact) mass is 532 g/mol. The number of hydrogen-bond acceptors (Lipinski definition) is 7. The summed E-state index contributed by atoms with van der Waals surface area (Å²) in [6, 6.07) is 4.01. The number of rotatable bonds is 9. The number of nitrogens with zero attached hydrogens (tertiary/aromatic N) is 2. The molecule has 1 fully saturated rings. The summed E-state index contributed by atoms with van der Waals surface area (Å²) < 4.78 is 10.8. The fourth-order valence-corrected chi connectivity index (χ4v) is 6.28. The first kappa shape index (κ1) is 28.6. The number of likely N-dealkylation sites (tertiary alicyclic amines) is 1. The van der Waals surface area contributed by atoms with Crippen LogP contribution in [0.2, 0.25) is 0 Å². The molecule has 2 aromatic rings. The van der Waals surface area contributed by atoms with Crippen LogP contribution >= 0.6 is 11.3 Å². The second kappa shape index (κ2) is 10.8. The Balaban J connectivity index is 2.24. The van der Waals surface area contributed by atoms with Crippen LogP contribution in [0.4, 0.5) is 0 Å². The van der Waals surface area contributed by atoms with E-state index in [1.165, 1.54) is 30.5 Å². The van der Waals surface area contributed by atoms with E-state index in [2.05, 4.69) is 4.98 Å². The second-order valence-corrected chi connectivity index (χ2v) is 12.1. The molecule has 0 saturated carbocycles. The predicted octanol–water partition coefficient (Wildman–Crippen LogP) is 4.75. The number of carbonyl (C=O) groups is 3. The molecule has 1 aliphatic heterocycles. The molecule has 202 valence electrons. The average Bonchev–Trinajstić information content (AvgIpc) is 3.40. The molecular formula is C27H36N2O7S. The zero-order valence-electron chi connectivity index (χ0n) is 22.4. The smallest absolute Gasteiger partial charge is 0.329 e. The van der Waals surface area contributed by atoms with Crippen molar-refractivity contribution in [3.63, 3.8) is 0 Å². The van der Waals surface area contributed by atoms with Crippen LogP contribution in [0, 0.1) is 11.8 Å². The molecule has 1 aliphatic rings. The van der Waals surface area contributed by atoms with Crippen LogP contribution in [0.5, 0.6) is 5.75 Å². The second-order valence-electron chi connectivity index (χ2n) is 11.0. The Bertz CT molecular complexity index is 1170. The summed E-state index contributed by atoms with van der Waals surface area (Å²) in [5.41, 5.74) is -0.853. The van der Waals surface area contributed by atoms with Crippen molar-refractivity contribution >= 4 is 29.2 Å². The van der Waals surface area contributed by atoms with Crippen molar-refractivity contribution in [1.29, 1.82) is 0 Å². The van der Waals surface area contributed by atoms with E-state index >= 15 is 0 Å². The third-order valence-corrected chi connectivity index (χ3v) is 7.77. The lowest BCUT2D eigenvalue weighted by atomic mass is 9.83. The largest absolute Gasteiger partial charge is 0.496 e. The van der Waals surface area contributed by atoms with E-state index in [9.17, 15) is 24.6 Å².